The lowest BCUT2D eigenvalue weighted by molar-refractivity contribution is -0.130. The van der Waals surface area contributed by atoms with Crippen molar-refractivity contribution in [2.45, 2.75) is 50.5 Å². The van der Waals surface area contributed by atoms with Gasteiger partial charge < -0.3 is 4.90 Å². The van der Waals surface area contributed by atoms with Gasteiger partial charge >= 0.3 is 0 Å². The fourth-order valence-corrected chi connectivity index (χ4v) is 4.35. The maximum Gasteiger partial charge on any atom is 0.240 e. The third-order valence-electron chi connectivity index (χ3n) is 4.24. The van der Waals surface area contributed by atoms with E-state index >= 15 is 0 Å². The van der Waals surface area contributed by atoms with Gasteiger partial charge in [-0.3, -0.25) is 4.79 Å². The predicted octanol–water partition coefficient (Wildman–Crippen LogP) is 2.20. The number of carbonyl (C=O) groups excluding carboxylic acids is 1. The highest BCUT2D eigenvalue weighted by atomic mass is 32.2. The lowest BCUT2D eigenvalue weighted by atomic mass is 10.2. The molecular weight excluding hydrogens is 319 g/mol. The van der Waals surface area contributed by atoms with Crippen LogP contribution in [-0.4, -0.2) is 38.4 Å². The number of hydrogen-bond acceptors (Lipinski definition) is 3. The van der Waals surface area contributed by atoms with E-state index in [1.54, 1.807) is 11.8 Å². The van der Waals surface area contributed by atoms with Crippen molar-refractivity contribution < 1.29 is 17.6 Å². The number of rotatable bonds is 6. The van der Waals surface area contributed by atoms with Gasteiger partial charge in [0.15, 0.2) is 0 Å². The van der Waals surface area contributed by atoms with E-state index in [1.165, 1.54) is 19.1 Å². The molecule has 1 aliphatic rings. The van der Waals surface area contributed by atoms with E-state index in [2.05, 4.69) is 4.72 Å². The second kappa shape index (κ2) is 7.40. The molecule has 2 rings (SSSR count). The first-order valence-electron chi connectivity index (χ1n) is 7.84. The molecule has 1 aliphatic carbocycles. The summed E-state index contributed by atoms with van der Waals surface area (Å²) in [6.07, 6.45) is 4.16. The number of halogens is 1. The molecule has 1 N–H and O–H groups in total. The van der Waals surface area contributed by atoms with E-state index in [9.17, 15) is 17.6 Å². The van der Waals surface area contributed by atoms with E-state index < -0.39 is 15.8 Å². The minimum Gasteiger partial charge on any atom is -0.339 e. The molecule has 5 nitrogen and oxygen atoms in total. The molecule has 0 aromatic heterocycles. The number of amides is 1. The van der Waals surface area contributed by atoms with Gasteiger partial charge in [0.2, 0.25) is 15.9 Å². The first-order valence-corrected chi connectivity index (χ1v) is 9.32. The molecule has 0 unspecified atom stereocenters. The van der Waals surface area contributed by atoms with Gasteiger partial charge in [-0.05, 0) is 43.5 Å². The smallest absolute Gasteiger partial charge is 0.240 e. The van der Waals surface area contributed by atoms with Gasteiger partial charge in [-0.2, -0.15) is 0 Å². The molecule has 7 heteroatoms. The quantitative estimate of drug-likeness (QED) is 0.862. The largest absolute Gasteiger partial charge is 0.339 e. The predicted molar refractivity (Wildman–Crippen MR) is 86.0 cm³/mol. The molecule has 1 fully saturated rings. The number of hydrogen-bond donors (Lipinski definition) is 1. The van der Waals surface area contributed by atoms with Gasteiger partial charge in [-0.25, -0.2) is 17.5 Å². The van der Waals surface area contributed by atoms with Gasteiger partial charge in [-0.15, -0.1) is 0 Å². The van der Waals surface area contributed by atoms with Crippen LogP contribution in [-0.2, 0) is 14.8 Å². The van der Waals surface area contributed by atoms with Gasteiger partial charge in [-0.1, -0.05) is 12.8 Å². The zero-order valence-corrected chi connectivity index (χ0v) is 14.3. The molecule has 0 aliphatic heterocycles. The Hall–Kier alpha value is -1.47. The number of sulfonamides is 1. The van der Waals surface area contributed by atoms with Crippen LogP contribution in [0.4, 0.5) is 4.39 Å². The van der Waals surface area contributed by atoms with Crippen molar-refractivity contribution >= 4 is 15.9 Å². The van der Waals surface area contributed by atoms with E-state index in [0.717, 1.165) is 31.7 Å². The Morgan fingerprint density at radius 3 is 2.57 bits per heavy atom. The minimum atomic E-state index is -3.71. The molecule has 0 spiro atoms. The Morgan fingerprint density at radius 1 is 1.35 bits per heavy atom. The van der Waals surface area contributed by atoms with Crippen molar-refractivity contribution in [1.82, 2.24) is 9.62 Å². The Labute approximate surface area is 136 Å². The maximum atomic E-state index is 13.1. The topological polar surface area (TPSA) is 66.5 Å². The number of benzene rings is 1. The number of aryl methyl sites for hydroxylation is 1. The highest BCUT2D eigenvalue weighted by molar-refractivity contribution is 7.89. The van der Waals surface area contributed by atoms with Crippen molar-refractivity contribution in [2.75, 3.05) is 13.1 Å². The number of nitrogens with zero attached hydrogens (tertiary/aromatic N) is 1. The summed E-state index contributed by atoms with van der Waals surface area (Å²) in [5.41, 5.74) is 0.358. The third-order valence-corrected chi connectivity index (χ3v) is 5.86. The van der Waals surface area contributed by atoms with E-state index in [0.29, 0.717) is 12.1 Å². The molecule has 0 atom stereocenters. The van der Waals surface area contributed by atoms with Crippen LogP contribution in [0.1, 0.15) is 38.2 Å². The monoisotopic (exact) mass is 342 g/mol. The van der Waals surface area contributed by atoms with Crippen LogP contribution in [0.5, 0.6) is 0 Å². The maximum absolute atomic E-state index is 13.1. The fourth-order valence-electron chi connectivity index (χ4n) is 3.11. The molecule has 1 saturated carbocycles. The van der Waals surface area contributed by atoms with Crippen LogP contribution in [0.15, 0.2) is 23.1 Å². The molecule has 0 bridgehead atoms. The summed E-state index contributed by atoms with van der Waals surface area (Å²) in [5.74, 6) is -0.500. The average molecular weight is 342 g/mol. The van der Waals surface area contributed by atoms with Crippen molar-refractivity contribution in [3.8, 4) is 0 Å². The van der Waals surface area contributed by atoms with Crippen LogP contribution in [0.3, 0.4) is 0 Å². The molecule has 128 valence electrons. The van der Waals surface area contributed by atoms with E-state index in [-0.39, 0.29) is 23.4 Å². The van der Waals surface area contributed by atoms with Crippen molar-refractivity contribution in [1.29, 1.82) is 0 Å². The zero-order valence-electron chi connectivity index (χ0n) is 13.5. The Morgan fingerprint density at radius 2 is 2.00 bits per heavy atom. The molecule has 1 aromatic carbocycles. The first-order chi connectivity index (χ1) is 10.8. The third kappa shape index (κ3) is 4.51. The summed E-state index contributed by atoms with van der Waals surface area (Å²) < 4.78 is 40.2. The van der Waals surface area contributed by atoms with Crippen LogP contribution in [0.2, 0.25) is 0 Å². The van der Waals surface area contributed by atoms with Crippen molar-refractivity contribution in [2.24, 2.45) is 0 Å². The summed E-state index contributed by atoms with van der Waals surface area (Å²) in [4.78, 5) is 13.6. The molecule has 0 radical (unpaired) electrons. The Bertz CT molecular complexity index is 670. The lowest BCUT2D eigenvalue weighted by Gasteiger charge is -2.27. The van der Waals surface area contributed by atoms with Crippen LogP contribution >= 0.6 is 0 Å². The Kier molecular flexibility index (Phi) is 5.75. The van der Waals surface area contributed by atoms with Gasteiger partial charge in [0.25, 0.3) is 0 Å². The molecule has 0 heterocycles. The van der Waals surface area contributed by atoms with Gasteiger partial charge in [0, 0.05) is 26.1 Å². The second-order valence-corrected chi connectivity index (χ2v) is 7.69. The second-order valence-electron chi connectivity index (χ2n) is 5.96. The highest BCUT2D eigenvalue weighted by Gasteiger charge is 2.25. The Balaban J connectivity index is 1.99. The molecule has 0 saturated heterocycles. The van der Waals surface area contributed by atoms with Crippen molar-refractivity contribution in [3.63, 3.8) is 0 Å². The van der Waals surface area contributed by atoms with Crippen LogP contribution in [0.25, 0.3) is 0 Å². The van der Waals surface area contributed by atoms with E-state index in [1.807, 2.05) is 0 Å². The standard InChI is InChI=1S/C16H23FN2O3S/c1-12-11-14(17)7-8-16(12)23(21,22)18-9-10-19(13(2)20)15-5-3-4-6-15/h7-8,11,15,18H,3-6,9-10H2,1-2H3. The summed E-state index contributed by atoms with van der Waals surface area (Å²) in [5, 5.41) is 0. The minimum absolute atomic E-state index is 0.0333. The van der Waals surface area contributed by atoms with Gasteiger partial charge in [0.05, 0.1) is 4.90 Å². The number of nitrogens with one attached hydrogen (secondary N) is 1. The van der Waals surface area contributed by atoms with Crippen LogP contribution in [0, 0.1) is 12.7 Å². The first kappa shape index (κ1) is 17.9. The summed E-state index contributed by atoms with van der Waals surface area (Å²) in [6.45, 7) is 3.56. The SMILES string of the molecule is CC(=O)N(CCNS(=O)(=O)c1ccc(F)cc1C)C1CCCC1. The zero-order chi connectivity index (χ0) is 17.0. The summed E-state index contributed by atoms with van der Waals surface area (Å²) in [7, 11) is -3.71. The molecule has 23 heavy (non-hydrogen) atoms. The lowest BCUT2D eigenvalue weighted by Crippen LogP contribution is -2.42. The molecule has 1 amide bonds. The molecular formula is C16H23FN2O3S. The fraction of sp³-hybridized carbons (Fsp3) is 0.562. The summed E-state index contributed by atoms with van der Waals surface area (Å²) >= 11 is 0. The number of carbonyl (C=O) groups is 1. The normalized spacial score (nSPS) is 15.8. The van der Waals surface area contributed by atoms with Crippen molar-refractivity contribution in [3.05, 3.63) is 29.6 Å². The summed E-state index contributed by atoms with van der Waals surface area (Å²) in [6, 6.07) is 3.79. The molecule has 1 aromatic rings. The van der Waals surface area contributed by atoms with E-state index in [4.69, 9.17) is 0 Å². The van der Waals surface area contributed by atoms with Crippen LogP contribution < -0.4 is 4.72 Å². The van der Waals surface area contributed by atoms with Gasteiger partial charge in [0.1, 0.15) is 5.82 Å². The highest BCUT2D eigenvalue weighted by Crippen LogP contribution is 2.23. The average Bonchev–Trinajstić information content (AvgIpc) is 2.96.